The zero-order chi connectivity index (χ0) is 11.8. The van der Waals surface area contributed by atoms with Gasteiger partial charge in [0, 0.05) is 12.6 Å². The van der Waals surface area contributed by atoms with E-state index in [2.05, 4.69) is 50.4 Å². The monoisotopic (exact) mass is 221 g/mol. The van der Waals surface area contributed by atoms with Gasteiger partial charge in [0.15, 0.2) is 0 Å². The fourth-order valence-corrected chi connectivity index (χ4v) is 1.57. The van der Waals surface area contributed by atoms with Crippen LogP contribution in [0.5, 0.6) is 0 Å². The third-order valence-electron chi connectivity index (χ3n) is 2.52. The molecular weight excluding hydrogens is 198 g/mol. The molecule has 1 aromatic carbocycles. The molecule has 0 saturated heterocycles. The molecule has 0 aliphatic rings. The molecule has 16 heavy (non-hydrogen) atoms. The summed E-state index contributed by atoms with van der Waals surface area (Å²) in [6.07, 6.45) is 1.40. The summed E-state index contributed by atoms with van der Waals surface area (Å²) in [5, 5.41) is 3.49. The average molecular weight is 221 g/mol. The van der Waals surface area contributed by atoms with Gasteiger partial charge in [-0.25, -0.2) is 0 Å². The van der Waals surface area contributed by atoms with Crippen molar-refractivity contribution in [1.29, 1.82) is 0 Å². The molecule has 2 heteroatoms. The minimum Gasteiger partial charge on any atom is -0.379 e. The fourth-order valence-electron chi connectivity index (χ4n) is 1.57. The van der Waals surface area contributed by atoms with Gasteiger partial charge in [-0.1, -0.05) is 30.3 Å². The molecule has 0 bridgehead atoms. The maximum atomic E-state index is 5.49. The lowest BCUT2D eigenvalue weighted by Crippen LogP contribution is -2.21. The normalized spacial score (nSPS) is 13.0. The molecule has 0 amide bonds. The van der Waals surface area contributed by atoms with Gasteiger partial charge in [0.1, 0.15) is 0 Å². The molecular formula is C14H23NO. The molecule has 1 unspecified atom stereocenters. The van der Waals surface area contributed by atoms with Crippen molar-refractivity contribution in [2.45, 2.75) is 39.3 Å². The van der Waals surface area contributed by atoms with Crippen LogP contribution < -0.4 is 5.32 Å². The standard InChI is InChI=1S/C14H23NO/c1-12(2)16-11-7-10-15-13(3)14-8-5-4-6-9-14/h4-6,8-9,12-13,15H,7,10-11H2,1-3H3. The predicted molar refractivity (Wildman–Crippen MR) is 68.6 cm³/mol. The SMILES string of the molecule is CC(C)OCCCNC(C)c1ccccc1. The summed E-state index contributed by atoms with van der Waals surface area (Å²) >= 11 is 0. The van der Waals surface area contributed by atoms with Gasteiger partial charge in [-0.15, -0.1) is 0 Å². The van der Waals surface area contributed by atoms with Crippen molar-refractivity contribution in [3.8, 4) is 0 Å². The average Bonchev–Trinajstić information content (AvgIpc) is 2.29. The quantitative estimate of drug-likeness (QED) is 0.714. The molecule has 1 atom stereocenters. The summed E-state index contributed by atoms with van der Waals surface area (Å²) in [5.41, 5.74) is 1.34. The molecule has 0 heterocycles. The molecule has 0 aromatic heterocycles. The largest absolute Gasteiger partial charge is 0.379 e. The lowest BCUT2D eigenvalue weighted by molar-refractivity contribution is 0.0768. The van der Waals surface area contributed by atoms with E-state index < -0.39 is 0 Å². The van der Waals surface area contributed by atoms with Crippen molar-refractivity contribution in [3.63, 3.8) is 0 Å². The van der Waals surface area contributed by atoms with E-state index in [0.717, 1.165) is 19.6 Å². The molecule has 0 radical (unpaired) electrons. The Labute approximate surface area is 99.0 Å². The van der Waals surface area contributed by atoms with Crippen molar-refractivity contribution >= 4 is 0 Å². The van der Waals surface area contributed by atoms with E-state index in [-0.39, 0.29) is 0 Å². The molecule has 0 aliphatic carbocycles. The summed E-state index contributed by atoms with van der Waals surface area (Å²) < 4.78 is 5.49. The van der Waals surface area contributed by atoms with E-state index in [1.54, 1.807) is 0 Å². The molecule has 1 rings (SSSR count). The third-order valence-corrected chi connectivity index (χ3v) is 2.52. The van der Waals surface area contributed by atoms with E-state index in [4.69, 9.17) is 4.74 Å². The summed E-state index contributed by atoms with van der Waals surface area (Å²) in [5.74, 6) is 0. The minimum atomic E-state index is 0.339. The van der Waals surface area contributed by atoms with Crippen LogP contribution in [0.2, 0.25) is 0 Å². The smallest absolute Gasteiger partial charge is 0.0518 e. The topological polar surface area (TPSA) is 21.3 Å². The van der Waals surface area contributed by atoms with Crippen molar-refractivity contribution in [1.82, 2.24) is 5.32 Å². The first-order valence-corrected chi connectivity index (χ1v) is 6.10. The second kappa shape index (κ2) is 7.42. The van der Waals surface area contributed by atoms with E-state index in [9.17, 15) is 0 Å². The van der Waals surface area contributed by atoms with E-state index >= 15 is 0 Å². The number of ether oxygens (including phenoxy) is 1. The van der Waals surface area contributed by atoms with Gasteiger partial charge in [-0.2, -0.15) is 0 Å². The molecule has 90 valence electrons. The Kier molecular flexibility index (Phi) is 6.12. The van der Waals surface area contributed by atoms with Crippen LogP contribution in [-0.2, 0) is 4.74 Å². The third kappa shape index (κ3) is 5.29. The van der Waals surface area contributed by atoms with E-state index in [1.165, 1.54) is 5.56 Å². The lowest BCUT2D eigenvalue weighted by Gasteiger charge is -2.14. The zero-order valence-electron chi connectivity index (χ0n) is 10.6. The van der Waals surface area contributed by atoms with Gasteiger partial charge >= 0.3 is 0 Å². The summed E-state index contributed by atoms with van der Waals surface area (Å²) in [4.78, 5) is 0. The Bertz CT molecular complexity index is 271. The van der Waals surface area contributed by atoms with Crippen molar-refractivity contribution in [3.05, 3.63) is 35.9 Å². The number of nitrogens with one attached hydrogen (secondary N) is 1. The van der Waals surface area contributed by atoms with Crippen LogP contribution in [0.3, 0.4) is 0 Å². The van der Waals surface area contributed by atoms with E-state index in [0.29, 0.717) is 12.1 Å². The fraction of sp³-hybridized carbons (Fsp3) is 0.571. The molecule has 1 N–H and O–H groups in total. The Morgan fingerprint density at radius 2 is 1.81 bits per heavy atom. The highest BCUT2D eigenvalue weighted by atomic mass is 16.5. The van der Waals surface area contributed by atoms with Crippen molar-refractivity contribution < 1.29 is 4.74 Å². The van der Waals surface area contributed by atoms with Crippen LogP contribution in [-0.4, -0.2) is 19.3 Å². The Balaban J connectivity index is 2.14. The minimum absolute atomic E-state index is 0.339. The zero-order valence-corrected chi connectivity index (χ0v) is 10.6. The number of hydrogen-bond acceptors (Lipinski definition) is 2. The van der Waals surface area contributed by atoms with Crippen molar-refractivity contribution in [2.75, 3.05) is 13.2 Å². The molecule has 0 spiro atoms. The Hall–Kier alpha value is -0.860. The van der Waals surface area contributed by atoms with Gasteiger partial charge in [0.05, 0.1) is 6.10 Å². The predicted octanol–water partition coefficient (Wildman–Crippen LogP) is 3.15. The lowest BCUT2D eigenvalue weighted by atomic mass is 10.1. The summed E-state index contributed by atoms with van der Waals surface area (Å²) in [6.45, 7) is 8.17. The first kappa shape index (κ1) is 13.2. The van der Waals surface area contributed by atoms with Gasteiger partial charge in [-0.05, 0) is 39.3 Å². The second-order valence-electron chi connectivity index (χ2n) is 4.36. The number of benzene rings is 1. The molecule has 2 nitrogen and oxygen atoms in total. The van der Waals surface area contributed by atoms with Crippen LogP contribution in [0, 0.1) is 0 Å². The van der Waals surface area contributed by atoms with E-state index in [1.807, 2.05) is 6.07 Å². The summed E-state index contributed by atoms with van der Waals surface area (Å²) in [6, 6.07) is 10.9. The maximum absolute atomic E-state index is 5.49. The van der Waals surface area contributed by atoms with Gasteiger partial charge in [0.25, 0.3) is 0 Å². The highest BCUT2D eigenvalue weighted by Gasteiger charge is 2.02. The van der Waals surface area contributed by atoms with Gasteiger partial charge in [-0.3, -0.25) is 0 Å². The Morgan fingerprint density at radius 3 is 2.44 bits per heavy atom. The maximum Gasteiger partial charge on any atom is 0.0518 e. The number of hydrogen-bond donors (Lipinski definition) is 1. The van der Waals surface area contributed by atoms with Crippen molar-refractivity contribution in [2.24, 2.45) is 0 Å². The van der Waals surface area contributed by atoms with Crippen LogP contribution in [0.1, 0.15) is 38.8 Å². The molecule has 1 aromatic rings. The van der Waals surface area contributed by atoms with Gasteiger partial charge in [0.2, 0.25) is 0 Å². The highest BCUT2D eigenvalue weighted by molar-refractivity contribution is 5.17. The summed E-state index contributed by atoms with van der Waals surface area (Å²) in [7, 11) is 0. The van der Waals surface area contributed by atoms with Crippen LogP contribution in [0.15, 0.2) is 30.3 Å². The molecule has 0 saturated carbocycles. The van der Waals surface area contributed by atoms with Crippen LogP contribution in [0.4, 0.5) is 0 Å². The first-order valence-electron chi connectivity index (χ1n) is 6.10. The van der Waals surface area contributed by atoms with Gasteiger partial charge < -0.3 is 10.1 Å². The molecule has 0 aliphatic heterocycles. The highest BCUT2D eigenvalue weighted by Crippen LogP contribution is 2.10. The second-order valence-corrected chi connectivity index (χ2v) is 4.36. The Morgan fingerprint density at radius 1 is 1.12 bits per heavy atom. The number of rotatable bonds is 7. The molecule has 0 fully saturated rings. The van der Waals surface area contributed by atoms with Crippen LogP contribution in [0.25, 0.3) is 0 Å². The van der Waals surface area contributed by atoms with Crippen LogP contribution >= 0.6 is 0 Å². The first-order chi connectivity index (χ1) is 7.70.